The van der Waals surface area contributed by atoms with Gasteiger partial charge in [0.1, 0.15) is 13.2 Å². The fraction of sp³-hybridized carbons (Fsp3) is 0.600. The number of hydrogen-bond donors (Lipinski definition) is 2. The van der Waals surface area contributed by atoms with Gasteiger partial charge in [0.2, 0.25) is 0 Å². The first kappa shape index (κ1) is 38.7. The molecule has 0 spiro atoms. The molecule has 0 saturated heterocycles. The van der Waals surface area contributed by atoms with Crippen molar-refractivity contribution in [3.63, 3.8) is 0 Å². The minimum Gasteiger partial charge on any atom is -0.462 e. The minimum atomic E-state index is -0.468. The van der Waals surface area contributed by atoms with Crippen molar-refractivity contribution in [3.05, 3.63) is 0 Å². The molecule has 0 atom stereocenters. The number of nitrogens with two attached hydrogens (primary N) is 2. The number of carbonyl (C=O) groups excluding carboxylic acids is 4. The Morgan fingerprint density at radius 3 is 0.913 bits per heavy atom. The zero-order valence-electron chi connectivity index (χ0n) is 14.1. The third-order valence-corrected chi connectivity index (χ3v) is 1.03. The number of ether oxygens (including phenoxy) is 2. The molecule has 4 N–H and O–H groups in total. The molecule has 0 aliphatic heterocycles. The van der Waals surface area contributed by atoms with Gasteiger partial charge in [-0.15, -0.1) is 0 Å². The average Bonchev–Trinajstić information content (AvgIpc) is 2.35. The Bertz CT molecular complexity index is 291. The van der Waals surface area contributed by atoms with Gasteiger partial charge in [0.15, 0.2) is 0 Å². The second kappa shape index (κ2) is 30.2. The van der Waals surface area contributed by atoms with Crippen molar-refractivity contribution in [2.75, 3.05) is 13.2 Å². The molecule has 0 fully saturated rings. The number of rotatable bonds is 3. The molecule has 0 amide bonds. The smallest absolute Gasteiger partial charge is 0.321 e. The van der Waals surface area contributed by atoms with Crippen LogP contribution < -0.4 is 11.8 Å². The SMILES string of the molecule is CC(=O)OCCOC(C)=O.CC(=O)ON.CC(=O)ON.[Cu].[Na].[Na]. The van der Waals surface area contributed by atoms with Crippen LogP contribution in [0.4, 0.5) is 0 Å². The van der Waals surface area contributed by atoms with Crippen LogP contribution in [-0.2, 0) is 55.4 Å². The van der Waals surface area contributed by atoms with Crippen molar-refractivity contribution in [2.45, 2.75) is 27.7 Å². The summed E-state index contributed by atoms with van der Waals surface area (Å²) >= 11 is 0. The minimum absolute atomic E-state index is 0. The van der Waals surface area contributed by atoms with Gasteiger partial charge in [0.05, 0.1) is 0 Å². The number of esters is 2. The summed E-state index contributed by atoms with van der Waals surface area (Å²) in [6.07, 6.45) is 0. The third-order valence-electron chi connectivity index (χ3n) is 1.03. The Labute approximate surface area is 189 Å². The van der Waals surface area contributed by atoms with E-state index < -0.39 is 11.9 Å². The van der Waals surface area contributed by atoms with Crippen LogP contribution in [0.5, 0.6) is 0 Å². The molecule has 0 bridgehead atoms. The van der Waals surface area contributed by atoms with E-state index in [1.54, 1.807) is 0 Å². The Hall–Kier alpha value is 0.319. The van der Waals surface area contributed by atoms with E-state index in [1.807, 2.05) is 0 Å². The zero-order valence-corrected chi connectivity index (χ0v) is 19.1. The second-order valence-corrected chi connectivity index (χ2v) is 2.90. The number of hydrogen-bond acceptors (Lipinski definition) is 10. The van der Waals surface area contributed by atoms with Crippen LogP contribution in [0.3, 0.4) is 0 Å². The second-order valence-electron chi connectivity index (χ2n) is 2.90. The van der Waals surface area contributed by atoms with E-state index in [-0.39, 0.29) is 101 Å². The van der Waals surface area contributed by atoms with E-state index in [2.05, 4.69) is 30.9 Å². The molecule has 0 unspecified atom stereocenters. The summed E-state index contributed by atoms with van der Waals surface area (Å²) in [6, 6.07) is 0. The van der Waals surface area contributed by atoms with Crippen molar-refractivity contribution >= 4 is 83.0 Å². The molecule has 0 heterocycles. The first-order valence-electron chi connectivity index (χ1n) is 5.18. The molecule has 0 aromatic heterocycles. The molecule has 0 saturated carbocycles. The van der Waals surface area contributed by atoms with Gasteiger partial charge in [0.25, 0.3) is 0 Å². The van der Waals surface area contributed by atoms with Gasteiger partial charge in [-0.05, 0) is 0 Å². The molecule has 0 aliphatic rings. The van der Waals surface area contributed by atoms with Crippen LogP contribution in [0.2, 0.25) is 0 Å². The van der Waals surface area contributed by atoms with Crippen molar-refractivity contribution in [1.29, 1.82) is 0 Å². The Kier molecular flexibility index (Phi) is 50.9. The van der Waals surface area contributed by atoms with Crippen LogP contribution >= 0.6 is 0 Å². The first-order valence-corrected chi connectivity index (χ1v) is 5.18. The van der Waals surface area contributed by atoms with E-state index >= 15 is 0 Å². The third kappa shape index (κ3) is 71.9. The van der Waals surface area contributed by atoms with E-state index in [0.717, 1.165) is 0 Å². The van der Waals surface area contributed by atoms with Gasteiger partial charge in [-0.3, -0.25) is 19.2 Å². The molecule has 3 radical (unpaired) electrons. The van der Waals surface area contributed by atoms with Crippen LogP contribution in [0, 0.1) is 0 Å². The maximum Gasteiger partial charge on any atom is 0.321 e. The summed E-state index contributed by atoms with van der Waals surface area (Å²) in [4.78, 5) is 46.4. The summed E-state index contributed by atoms with van der Waals surface area (Å²) in [5.74, 6) is 6.97. The molecular formula is C10H20CuN2Na2O8. The Balaban J connectivity index is -0.0000000483. The predicted octanol–water partition coefficient (Wildman–Crippen LogP) is -1.81. The van der Waals surface area contributed by atoms with Crippen LogP contribution in [-0.4, -0.2) is 96.2 Å². The molecule has 131 valence electrons. The molecule has 0 rings (SSSR count). The summed E-state index contributed by atoms with van der Waals surface area (Å²) in [6.45, 7) is 5.34. The Morgan fingerprint density at radius 2 is 0.826 bits per heavy atom. The van der Waals surface area contributed by atoms with Crippen LogP contribution in [0.25, 0.3) is 0 Å². The van der Waals surface area contributed by atoms with Gasteiger partial charge < -0.3 is 19.1 Å². The first-order chi connectivity index (χ1) is 9.17. The summed E-state index contributed by atoms with van der Waals surface area (Å²) in [5.41, 5.74) is 0. The van der Waals surface area contributed by atoms with Gasteiger partial charge in [0, 0.05) is 104 Å². The molecular weight excluding hydrogens is 386 g/mol. The van der Waals surface area contributed by atoms with Crippen LogP contribution in [0.15, 0.2) is 0 Å². The maximum absolute atomic E-state index is 10.1. The summed E-state index contributed by atoms with van der Waals surface area (Å²) < 4.78 is 8.95. The van der Waals surface area contributed by atoms with Crippen molar-refractivity contribution in [1.82, 2.24) is 0 Å². The quantitative estimate of drug-likeness (QED) is 0.237. The summed E-state index contributed by atoms with van der Waals surface area (Å²) in [7, 11) is 0. The maximum atomic E-state index is 10.1. The molecule has 10 nitrogen and oxygen atoms in total. The molecule has 0 aliphatic carbocycles. The molecule has 0 aromatic carbocycles. The van der Waals surface area contributed by atoms with Gasteiger partial charge in [-0.25, -0.2) is 0 Å². The Morgan fingerprint density at radius 1 is 0.652 bits per heavy atom. The number of carbonyl (C=O) groups is 4. The normalized spacial score (nSPS) is 6.70. The topological polar surface area (TPSA) is 157 Å². The van der Waals surface area contributed by atoms with E-state index in [4.69, 9.17) is 0 Å². The van der Waals surface area contributed by atoms with Gasteiger partial charge in [-0.1, -0.05) is 0 Å². The van der Waals surface area contributed by atoms with Crippen LogP contribution in [0.1, 0.15) is 27.7 Å². The van der Waals surface area contributed by atoms with E-state index in [0.29, 0.717) is 0 Å². The average molecular weight is 406 g/mol. The standard InChI is InChI=1S/C6H10O4.2C2H5NO2.Cu.2Na/c1-5(7)9-3-4-10-6(2)8;2*1-2(4)5-3;;;/h3-4H2,1-2H3;2*3H2,1H3;;;. The van der Waals surface area contributed by atoms with Crippen molar-refractivity contribution in [2.24, 2.45) is 11.8 Å². The fourth-order valence-corrected chi connectivity index (χ4v) is 0.371. The van der Waals surface area contributed by atoms with E-state index in [1.165, 1.54) is 27.7 Å². The van der Waals surface area contributed by atoms with E-state index in [9.17, 15) is 19.2 Å². The zero-order chi connectivity index (χ0) is 16.6. The van der Waals surface area contributed by atoms with Gasteiger partial charge in [-0.2, -0.15) is 11.8 Å². The largest absolute Gasteiger partial charge is 0.462 e. The fourth-order valence-electron chi connectivity index (χ4n) is 0.371. The molecule has 0 aromatic rings. The summed E-state index contributed by atoms with van der Waals surface area (Å²) in [5, 5.41) is 0. The molecule has 13 heteroatoms. The van der Waals surface area contributed by atoms with Crippen molar-refractivity contribution in [3.8, 4) is 0 Å². The predicted molar refractivity (Wildman–Crippen MR) is 76.7 cm³/mol. The van der Waals surface area contributed by atoms with Gasteiger partial charge >= 0.3 is 23.9 Å². The van der Waals surface area contributed by atoms with Crippen molar-refractivity contribution < 1.29 is 55.4 Å². The monoisotopic (exact) mass is 405 g/mol. The molecule has 23 heavy (non-hydrogen) atoms.